The molecule has 0 radical (unpaired) electrons. The van der Waals surface area contributed by atoms with Gasteiger partial charge in [-0.3, -0.25) is 0 Å². The molecule has 0 amide bonds. The summed E-state index contributed by atoms with van der Waals surface area (Å²) < 4.78 is 29.5. The van der Waals surface area contributed by atoms with E-state index in [-0.39, 0.29) is 12.8 Å². The Balaban J connectivity index is 1.99. The van der Waals surface area contributed by atoms with E-state index in [4.69, 9.17) is 0 Å². The third kappa shape index (κ3) is 1.93. The molecule has 1 aromatic heterocycles. The van der Waals surface area contributed by atoms with E-state index in [0.29, 0.717) is 19.0 Å². The van der Waals surface area contributed by atoms with Crippen LogP contribution in [0.5, 0.6) is 0 Å². The standard InChI is InChI=1S/C7H9F2N3S/c8-7(9)1-3-12(4-2-7)6-10-5-13-11-6/h5H,1-4H2. The van der Waals surface area contributed by atoms with Gasteiger partial charge in [0.05, 0.1) is 0 Å². The summed E-state index contributed by atoms with van der Waals surface area (Å²) in [5, 5.41) is 0. The summed E-state index contributed by atoms with van der Waals surface area (Å²) in [5.41, 5.74) is 1.61. The van der Waals surface area contributed by atoms with Crippen LogP contribution in [0.2, 0.25) is 0 Å². The largest absolute Gasteiger partial charge is 0.340 e. The van der Waals surface area contributed by atoms with Crippen LogP contribution in [0, 0.1) is 0 Å². The molecule has 1 aliphatic heterocycles. The maximum atomic E-state index is 12.8. The molecule has 72 valence electrons. The van der Waals surface area contributed by atoms with Crippen LogP contribution in [0.25, 0.3) is 0 Å². The van der Waals surface area contributed by atoms with Gasteiger partial charge in [-0.15, -0.1) is 0 Å². The second-order valence-corrected chi connectivity index (χ2v) is 3.68. The summed E-state index contributed by atoms with van der Waals surface area (Å²) >= 11 is 1.24. The van der Waals surface area contributed by atoms with E-state index in [9.17, 15) is 8.78 Å². The predicted octanol–water partition coefficient (Wildman–Crippen LogP) is 1.77. The highest BCUT2D eigenvalue weighted by Gasteiger charge is 2.34. The average molecular weight is 205 g/mol. The van der Waals surface area contributed by atoms with Crippen molar-refractivity contribution in [2.24, 2.45) is 0 Å². The van der Waals surface area contributed by atoms with Crippen molar-refractivity contribution in [2.75, 3.05) is 18.0 Å². The van der Waals surface area contributed by atoms with Gasteiger partial charge in [0.1, 0.15) is 5.51 Å². The van der Waals surface area contributed by atoms with Crippen LogP contribution in [0.3, 0.4) is 0 Å². The number of hydrogen-bond donors (Lipinski definition) is 0. The van der Waals surface area contributed by atoms with Crippen molar-refractivity contribution in [3.8, 4) is 0 Å². The molecule has 0 aliphatic carbocycles. The summed E-state index contributed by atoms with van der Waals surface area (Å²) in [7, 11) is 0. The van der Waals surface area contributed by atoms with Crippen molar-refractivity contribution >= 4 is 17.5 Å². The zero-order valence-electron chi connectivity index (χ0n) is 6.91. The van der Waals surface area contributed by atoms with Gasteiger partial charge < -0.3 is 4.90 Å². The average Bonchev–Trinajstić information content (AvgIpc) is 2.56. The van der Waals surface area contributed by atoms with Gasteiger partial charge in [-0.05, 0) is 11.5 Å². The Labute approximate surface area is 78.6 Å². The minimum Gasteiger partial charge on any atom is -0.340 e. The highest BCUT2D eigenvalue weighted by molar-refractivity contribution is 7.03. The second kappa shape index (κ2) is 3.17. The second-order valence-electron chi connectivity index (χ2n) is 3.07. The minimum absolute atomic E-state index is 0.0911. The molecule has 2 heterocycles. The van der Waals surface area contributed by atoms with Crippen molar-refractivity contribution in [3.05, 3.63) is 5.51 Å². The first-order chi connectivity index (χ1) is 6.17. The molecule has 1 aromatic rings. The molecule has 0 unspecified atom stereocenters. The Kier molecular flexibility index (Phi) is 2.15. The van der Waals surface area contributed by atoms with Crippen LogP contribution in [-0.2, 0) is 0 Å². The molecular formula is C7H9F2N3S. The highest BCUT2D eigenvalue weighted by Crippen LogP contribution is 2.29. The molecule has 0 spiro atoms. The normalized spacial score (nSPS) is 21.8. The Morgan fingerprint density at radius 1 is 1.38 bits per heavy atom. The summed E-state index contributed by atoms with van der Waals surface area (Å²) in [6.07, 6.45) is -0.182. The number of halogens is 2. The molecule has 2 rings (SSSR count). The van der Waals surface area contributed by atoms with Gasteiger partial charge in [0.25, 0.3) is 5.92 Å². The number of aromatic nitrogens is 2. The van der Waals surface area contributed by atoms with Crippen molar-refractivity contribution in [1.82, 2.24) is 9.36 Å². The fourth-order valence-corrected chi connectivity index (χ4v) is 1.78. The third-order valence-corrected chi connectivity index (χ3v) is 2.60. The zero-order chi connectivity index (χ0) is 9.31. The molecule has 1 aliphatic rings. The van der Waals surface area contributed by atoms with Crippen molar-refractivity contribution < 1.29 is 8.78 Å². The lowest BCUT2D eigenvalue weighted by molar-refractivity contribution is -0.0222. The lowest BCUT2D eigenvalue weighted by atomic mass is 10.1. The van der Waals surface area contributed by atoms with Gasteiger partial charge in [0, 0.05) is 25.9 Å². The molecule has 0 aromatic carbocycles. The monoisotopic (exact) mass is 205 g/mol. The Hall–Kier alpha value is -0.780. The Morgan fingerprint density at radius 3 is 2.62 bits per heavy atom. The van der Waals surface area contributed by atoms with Gasteiger partial charge in [0.2, 0.25) is 5.95 Å². The SMILES string of the molecule is FC1(F)CCN(c2ncsn2)CC1. The van der Waals surface area contributed by atoms with Gasteiger partial charge in [-0.2, -0.15) is 4.37 Å². The fraction of sp³-hybridized carbons (Fsp3) is 0.714. The molecule has 0 saturated carbocycles. The van der Waals surface area contributed by atoms with Crippen LogP contribution in [0.15, 0.2) is 5.51 Å². The van der Waals surface area contributed by atoms with E-state index in [2.05, 4.69) is 9.36 Å². The van der Waals surface area contributed by atoms with Crippen LogP contribution >= 0.6 is 11.5 Å². The van der Waals surface area contributed by atoms with E-state index in [0.717, 1.165) is 0 Å². The maximum absolute atomic E-state index is 12.8. The summed E-state index contributed by atoms with van der Waals surface area (Å²) in [5.74, 6) is -1.91. The Morgan fingerprint density at radius 2 is 2.08 bits per heavy atom. The van der Waals surface area contributed by atoms with Crippen LogP contribution < -0.4 is 4.90 Å². The zero-order valence-corrected chi connectivity index (χ0v) is 7.73. The molecule has 6 heteroatoms. The molecule has 0 bridgehead atoms. The van der Waals surface area contributed by atoms with E-state index < -0.39 is 5.92 Å². The molecule has 1 saturated heterocycles. The molecule has 0 atom stereocenters. The van der Waals surface area contributed by atoms with E-state index in [1.165, 1.54) is 11.5 Å². The minimum atomic E-state index is -2.49. The first-order valence-electron chi connectivity index (χ1n) is 4.06. The van der Waals surface area contributed by atoms with E-state index in [1.807, 2.05) is 0 Å². The number of alkyl halides is 2. The lowest BCUT2D eigenvalue weighted by Crippen LogP contribution is -2.39. The third-order valence-electron chi connectivity index (χ3n) is 2.13. The van der Waals surface area contributed by atoms with Crippen LogP contribution in [-0.4, -0.2) is 28.4 Å². The topological polar surface area (TPSA) is 29.0 Å². The number of piperidine rings is 1. The van der Waals surface area contributed by atoms with Gasteiger partial charge >= 0.3 is 0 Å². The maximum Gasteiger partial charge on any atom is 0.251 e. The Bertz CT molecular complexity index is 265. The predicted molar refractivity (Wildman–Crippen MR) is 46.3 cm³/mol. The molecule has 1 fully saturated rings. The summed E-state index contributed by atoms with van der Waals surface area (Å²) in [4.78, 5) is 5.78. The molecular weight excluding hydrogens is 196 g/mol. The smallest absolute Gasteiger partial charge is 0.251 e. The van der Waals surface area contributed by atoms with E-state index in [1.54, 1.807) is 10.4 Å². The first kappa shape index (κ1) is 8.80. The quantitative estimate of drug-likeness (QED) is 0.699. The summed E-state index contributed by atoms with van der Waals surface area (Å²) in [6.45, 7) is 0.702. The van der Waals surface area contributed by atoms with Gasteiger partial charge in [-0.25, -0.2) is 13.8 Å². The number of nitrogens with zero attached hydrogens (tertiary/aromatic N) is 3. The number of rotatable bonds is 1. The van der Waals surface area contributed by atoms with E-state index >= 15 is 0 Å². The van der Waals surface area contributed by atoms with Gasteiger partial charge in [-0.1, -0.05) is 0 Å². The lowest BCUT2D eigenvalue weighted by Gasteiger charge is -2.30. The first-order valence-corrected chi connectivity index (χ1v) is 4.90. The number of anilines is 1. The van der Waals surface area contributed by atoms with Crippen molar-refractivity contribution in [1.29, 1.82) is 0 Å². The molecule has 3 nitrogen and oxygen atoms in total. The van der Waals surface area contributed by atoms with Crippen molar-refractivity contribution in [2.45, 2.75) is 18.8 Å². The fourth-order valence-electron chi connectivity index (χ4n) is 1.34. The number of hydrogen-bond acceptors (Lipinski definition) is 4. The summed E-state index contributed by atoms with van der Waals surface area (Å²) in [6, 6.07) is 0. The molecule has 13 heavy (non-hydrogen) atoms. The van der Waals surface area contributed by atoms with Crippen molar-refractivity contribution in [3.63, 3.8) is 0 Å². The highest BCUT2D eigenvalue weighted by atomic mass is 32.1. The van der Waals surface area contributed by atoms with Crippen LogP contribution in [0.1, 0.15) is 12.8 Å². The molecule has 0 N–H and O–H groups in total. The van der Waals surface area contributed by atoms with Crippen LogP contribution in [0.4, 0.5) is 14.7 Å². The van der Waals surface area contributed by atoms with Gasteiger partial charge in [0.15, 0.2) is 0 Å².